The van der Waals surface area contributed by atoms with Gasteiger partial charge in [-0.3, -0.25) is 9.48 Å². The van der Waals surface area contributed by atoms with Crippen molar-refractivity contribution in [3.05, 3.63) is 48.3 Å². The molecule has 0 saturated carbocycles. The molecule has 0 saturated heterocycles. The molecule has 2 aromatic rings. The number of rotatable bonds is 9. The molecule has 5 nitrogen and oxygen atoms in total. The van der Waals surface area contributed by atoms with Gasteiger partial charge in [0.05, 0.1) is 13.2 Å². The number of ether oxygens (including phenoxy) is 1. The van der Waals surface area contributed by atoms with Crippen LogP contribution in [0.5, 0.6) is 0 Å². The van der Waals surface area contributed by atoms with E-state index in [1.54, 1.807) is 6.20 Å². The summed E-state index contributed by atoms with van der Waals surface area (Å²) in [6, 6.07) is 10.6. The zero-order valence-electron chi connectivity index (χ0n) is 13.9. The second kappa shape index (κ2) is 8.98. The van der Waals surface area contributed by atoms with Gasteiger partial charge in [0, 0.05) is 30.5 Å². The Balaban J connectivity index is 1.79. The molecule has 1 aromatic heterocycles. The van der Waals surface area contributed by atoms with Crippen molar-refractivity contribution in [2.75, 3.05) is 11.9 Å². The Labute approximate surface area is 137 Å². The first-order chi connectivity index (χ1) is 11.2. The number of anilines is 1. The minimum Gasteiger partial charge on any atom is -0.466 e. The lowest BCUT2D eigenvalue weighted by molar-refractivity contribution is -0.143. The van der Waals surface area contributed by atoms with Gasteiger partial charge in [0.25, 0.3) is 0 Å². The molecular weight excluding hydrogens is 290 g/mol. The van der Waals surface area contributed by atoms with Crippen molar-refractivity contribution in [3.63, 3.8) is 0 Å². The second-order valence-corrected chi connectivity index (χ2v) is 5.65. The molecule has 2 rings (SSSR count). The summed E-state index contributed by atoms with van der Waals surface area (Å²) in [5, 5.41) is 7.71. The molecule has 0 aliphatic carbocycles. The molecule has 1 heterocycles. The van der Waals surface area contributed by atoms with Crippen molar-refractivity contribution in [3.8, 4) is 0 Å². The summed E-state index contributed by atoms with van der Waals surface area (Å²) >= 11 is 0. The fourth-order valence-electron chi connectivity index (χ4n) is 2.48. The van der Waals surface area contributed by atoms with Gasteiger partial charge in [-0.05, 0) is 50.5 Å². The van der Waals surface area contributed by atoms with Crippen LogP contribution in [0.2, 0.25) is 0 Å². The molecule has 0 aliphatic rings. The summed E-state index contributed by atoms with van der Waals surface area (Å²) in [5.41, 5.74) is 2.30. The third kappa shape index (κ3) is 6.14. The molecule has 1 N–H and O–H groups in total. The van der Waals surface area contributed by atoms with Crippen molar-refractivity contribution in [2.45, 2.75) is 45.7 Å². The molecule has 1 atom stereocenters. The van der Waals surface area contributed by atoms with Crippen molar-refractivity contribution in [1.29, 1.82) is 0 Å². The van der Waals surface area contributed by atoms with Crippen LogP contribution in [0.1, 0.15) is 38.7 Å². The summed E-state index contributed by atoms with van der Waals surface area (Å²) in [4.78, 5) is 11.3. The van der Waals surface area contributed by atoms with Gasteiger partial charge in [-0.1, -0.05) is 12.1 Å². The lowest BCUT2D eigenvalue weighted by Crippen LogP contribution is -2.16. The van der Waals surface area contributed by atoms with E-state index in [-0.39, 0.29) is 5.97 Å². The molecule has 124 valence electrons. The Morgan fingerprint density at radius 3 is 3.00 bits per heavy atom. The number of hydrogen-bond acceptors (Lipinski definition) is 4. The minimum absolute atomic E-state index is 0.110. The van der Waals surface area contributed by atoms with Crippen LogP contribution < -0.4 is 5.32 Å². The Kier molecular flexibility index (Phi) is 6.66. The van der Waals surface area contributed by atoms with Gasteiger partial charge in [-0.2, -0.15) is 5.10 Å². The first-order valence-electron chi connectivity index (χ1n) is 8.16. The van der Waals surface area contributed by atoms with Crippen LogP contribution in [0.3, 0.4) is 0 Å². The summed E-state index contributed by atoms with van der Waals surface area (Å²) in [7, 11) is 0. The standard InChI is InChI=1S/C18H25N3O2/c1-3-23-18(22)10-4-7-15(2)20-17-9-5-8-16(13-17)14-21-12-6-11-19-21/h5-6,8-9,11-13,15,20H,3-4,7,10,14H2,1-2H3/t15-/m1/s1. The predicted octanol–water partition coefficient (Wildman–Crippen LogP) is 3.47. The SMILES string of the molecule is CCOC(=O)CCC[C@@H](C)Nc1cccc(Cn2cccn2)c1. The molecule has 0 amide bonds. The number of esters is 1. The fraction of sp³-hybridized carbons (Fsp3) is 0.444. The average Bonchev–Trinajstić information content (AvgIpc) is 3.01. The van der Waals surface area contributed by atoms with Crippen LogP contribution >= 0.6 is 0 Å². The Morgan fingerprint density at radius 1 is 1.39 bits per heavy atom. The van der Waals surface area contributed by atoms with Crippen LogP contribution in [0, 0.1) is 0 Å². The number of benzene rings is 1. The van der Waals surface area contributed by atoms with E-state index >= 15 is 0 Å². The number of carbonyl (C=O) groups excluding carboxylic acids is 1. The quantitative estimate of drug-likeness (QED) is 0.720. The zero-order valence-corrected chi connectivity index (χ0v) is 13.9. The van der Waals surface area contributed by atoms with E-state index in [1.165, 1.54) is 5.56 Å². The summed E-state index contributed by atoms with van der Waals surface area (Å²) < 4.78 is 6.84. The molecule has 0 unspecified atom stereocenters. The zero-order chi connectivity index (χ0) is 16.5. The van der Waals surface area contributed by atoms with Crippen molar-refractivity contribution in [1.82, 2.24) is 9.78 Å². The van der Waals surface area contributed by atoms with E-state index in [4.69, 9.17) is 4.74 Å². The van der Waals surface area contributed by atoms with Crippen LogP contribution in [-0.2, 0) is 16.1 Å². The highest BCUT2D eigenvalue weighted by atomic mass is 16.5. The third-order valence-electron chi connectivity index (χ3n) is 3.57. The monoisotopic (exact) mass is 315 g/mol. The smallest absolute Gasteiger partial charge is 0.305 e. The highest BCUT2D eigenvalue weighted by molar-refractivity contribution is 5.69. The van der Waals surface area contributed by atoms with E-state index in [9.17, 15) is 4.79 Å². The molecule has 0 radical (unpaired) electrons. The molecule has 0 aliphatic heterocycles. The number of carbonyl (C=O) groups is 1. The van der Waals surface area contributed by atoms with E-state index in [0.29, 0.717) is 19.1 Å². The summed E-state index contributed by atoms with van der Waals surface area (Å²) in [6.45, 7) is 5.18. The number of hydrogen-bond donors (Lipinski definition) is 1. The van der Waals surface area contributed by atoms with Crippen LogP contribution in [-0.4, -0.2) is 28.4 Å². The van der Waals surface area contributed by atoms with Crippen LogP contribution in [0.4, 0.5) is 5.69 Å². The maximum atomic E-state index is 11.3. The Hall–Kier alpha value is -2.30. The average molecular weight is 315 g/mol. The molecule has 0 spiro atoms. The number of nitrogens with one attached hydrogen (secondary N) is 1. The summed E-state index contributed by atoms with van der Waals surface area (Å²) in [6.07, 6.45) is 5.99. The lowest BCUT2D eigenvalue weighted by Gasteiger charge is -2.16. The number of nitrogens with zero attached hydrogens (tertiary/aromatic N) is 2. The molecule has 0 bridgehead atoms. The largest absolute Gasteiger partial charge is 0.466 e. The van der Waals surface area contributed by atoms with Crippen molar-refractivity contribution in [2.24, 2.45) is 0 Å². The van der Waals surface area contributed by atoms with E-state index < -0.39 is 0 Å². The van der Waals surface area contributed by atoms with Gasteiger partial charge in [-0.25, -0.2) is 0 Å². The van der Waals surface area contributed by atoms with E-state index in [0.717, 1.165) is 25.1 Å². The maximum Gasteiger partial charge on any atom is 0.305 e. The van der Waals surface area contributed by atoms with Crippen LogP contribution in [0.25, 0.3) is 0 Å². The molecule has 5 heteroatoms. The molecular formula is C18H25N3O2. The molecule has 0 fully saturated rings. The highest BCUT2D eigenvalue weighted by Gasteiger charge is 2.06. The fourth-order valence-corrected chi connectivity index (χ4v) is 2.48. The first kappa shape index (κ1) is 17.1. The molecule has 23 heavy (non-hydrogen) atoms. The normalized spacial score (nSPS) is 11.9. The topological polar surface area (TPSA) is 56.1 Å². The van der Waals surface area contributed by atoms with Gasteiger partial charge in [-0.15, -0.1) is 0 Å². The number of aromatic nitrogens is 2. The molecule has 1 aromatic carbocycles. The Bertz CT molecular complexity index is 596. The maximum absolute atomic E-state index is 11.3. The summed E-state index contributed by atoms with van der Waals surface area (Å²) in [5.74, 6) is -0.110. The highest BCUT2D eigenvalue weighted by Crippen LogP contribution is 2.15. The van der Waals surface area contributed by atoms with Gasteiger partial charge in [0.1, 0.15) is 0 Å². The second-order valence-electron chi connectivity index (χ2n) is 5.65. The predicted molar refractivity (Wildman–Crippen MR) is 91.3 cm³/mol. The van der Waals surface area contributed by atoms with Crippen molar-refractivity contribution < 1.29 is 9.53 Å². The first-order valence-corrected chi connectivity index (χ1v) is 8.16. The van der Waals surface area contributed by atoms with E-state index in [2.05, 4.69) is 35.5 Å². The lowest BCUT2D eigenvalue weighted by atomic mass is 10.1. The Morgan fingerprint density at radius 2 is 2.26 bits per heavy atom. The van der Waals surface area contributed by atoms with Gasteiger partial charge < -0.3 is 10.1 Å². The van der Waals surface area contributed by atoms with Crippen molar-refractivity contribution >= 4 is 11.7 Å². The van der Waals surface area contributed by atoms with Gasteiger partial charge in [0.15, 0.2) is 0 Å². The third-order valence-corrected chi connectivity index (χ3v) is 3.57. The van der Waals surface area contributed by atoms with Gasteiger partial charge in [0.2, 0.25) is 0 Å². The minimum atomic E-state index is -0.110. The van der Waals surface area contributed by atoms with Crippen LogP contribution in [0.15, 0.2) is 42.7 Å². The van der Waals surface area contributed by atoms with Gasteiger partial charge >= 0.3 is 5.97 Å². The van der Waals surface area contributed by atoms with E-state index in [1.807, 2.05) is 29.9 Å².